The molecular weight excluding hydrogens is 433 g/mol. The van der Waals surface area contributed by atoms with Crippen LogP contribution in [0.1, 0.15) is 24.2 Å². The van der Waals surface area contributed by atoms with E-state index in [4.69, 9.17) is 27.9 Å². The second-order valence-electron chi connectivity index (χ2n) is 6.14. The molecule has 0 saturated heterocycles. The van der Waals surface area contributed by atoms with Crippen LogP contribution in [0, 0.1) is 0 Å². The number of aromatic nitrogens is 1. The molecule has 0 fully saturated rings. The molecule has 1 aromatic heterocycles. The van der Waals surface area contributed by atoms with Gasteiger partial charge in [0.1, 0.15) is 0 Å². The zero-order valence-electron chi connectivity index (χ0n) is 15.9. The fraction of sp³-hybridized carbons (Fsp3) is 0.250. The molecule has 6 nitrogen and oxygen atoms in total. The minimum Gasteiger partial charge on any atom is -0.380 e. The Morgan fingerprint density at radius 1 is 1.21 bits per heavy atom. The van der Waals surface area contributed by atoms with Crippen LogP contribution in [0.2, 0.25) is 10.0 Å². The maximum absolute atomic E-state index is 12.8. The molecule has 0 aliphatic rings. The lowest BCUT2D eigenvalue weighted by Crippen LogP contribution is -2.19. The second-order valence-corrected chi connectivity index (χ2v) is 7.99. The smallest absolute Gasteiger partial charge is 0.281 e. The van der Waals surface area contributed by atoms with Gasteiger partial charge in [0.15, 0.2) is 4.80 Å². The molecule has 2 aromatic carbocycles. The maximum Gasteiger partial charge on any atom is 0.281 e. The quantitative estimate of drug-likeness (QED) is 0.549. The van der Waals surface area contributed by atoms with E-state index in [1.807, 2.05) is 29.7 Å². The molecular formula is C20H19Cl2N3O3S. The number of nitrogens with one attached hydrogen (secondary N) is 1. The molecule has 0 bridgehead atoms. The fourth-order valence-corrected chi connectivity index (χ4v) is 4.23. The molecule has 3 rings (SSSR count). The van der Waals surface area contributed by atoms with E-state index in [1.54, 1.807) is 12.1 Å². The first-order valence-electron chi connectivity index (χ1n) is 8.92. The summed E-state index contributed by atoms with van der Waals surface area (Å²) < 4.78 is 8.28. The number of benzene rings is 2. The average Bonchev–Trinajstić information content (AvgIpc) is 2.99. The van der Waals surface area contributed by atoms with Crippen LogP contribution in [-0.4, -0.2) is 29.6 Å². The van der Waals surface area contributed by atoms with Gasteiger partial charge >= 0.3 is 0 Å². The molecule has 2 amide bonds. The number of halogens is 2. The Kier molecular flexibility index (Phi) is 7.08. The van der Waals surface area contributed by atoms with Gasteiger partial charge in [-0.2, -0.15) is 4.99 Å². The van der Waals surface area contributed by atoms with Crippen LogP contribution in [0.3, 0.4) is 0 Å². The molecule has 0 radical (unpaired) electrons. The first-order valence-corrected chi connectivity index (χ1v) is 10.5. The van der Waals surface area contributed by atoms with Crippen LogP contribution in [0.15, 0.2) is 41.4 Å². The predicted octanol–water partition coefficient (Wildman–Crippen LogP) is 4.75. The zero-order chi connectivity index (χ0) is 21.0. The maximum atomic E-state index is 12.8. The number of thiazole rings is 1. The van der Waals surface area contributed by atoms with Crippen LogP contribution in [0.4, 0.5) is 5.69 Å². The lowest BCUT2D eigenvalue weighted by Gasteiger charge is -2.06. The third-order valence-electron chi connectivity index (χ3n) is 4.02. The number of hydrogen-bond donors (Lipinski definition) is 1. The van der Waals surface area contributed by atoms with Crippen molar-refractivity contribution < 1.29 is 14.3 Å². The number of carbonyl (C=O) groups excluding carboxylic acids is 2. The normalized spacial score (nSPS) is 11.8. The van der Waals surface area contributed by atoms with Gasteiger partial charge in [0.25, 0.3) is 5.91 Å². The Morgan fingerprint density at radius 3 is 2.72 bits per heavy atom. The number of fused-ring (bicyclic) bond motifs is 1. The summed E-state index contributed by atoms with van der Waals surface area (Å²) in [5.74, 6) is -0.628. The topological polar surface area (TPSA) is 72.7 Å². The average molecular weight is 452 g/mol. The Balaban J connectivity index is 2.09. The summed E-state index contributed by atoms with van der Waals surface area (Å²) in [6.07, 6.45) is 0. The van der Waals surface area contributed by atoms with Crippen molar-refractivity contribution in [2.45, 2.75) is 20.4 Å². The summed E-state index contributed by atoms with van der Waals surface area (Å²) in [5.41, 5.74) is 1.82. The van der Waals surface area contributed by atoms with Crippen LogP contribution < -0.4 is 10.1 Å². The van der Waals surface area contributed by atoms with Crippen LogP contribution in [0.5, 0.6) is 0 Å². The molecule has 0 aliphatic heterocycles. The minimum atomic E-state index is -0.476. The Morgan fingerprint density at radius 2 is 2.00 bits per heavy atom. The standard InChI is InChI=1S/C20H19Cl2N3O3S/c1-3-28-9-8-25-17-7-5-14(23-12(2)26)11-18(17)29-20(25)24-19(27)15-10-13(21)4-6-16(15)22/h4-7,10-11H,3,8-9H2,1-2H3,(H,23,26). The highest BCUT2D eigenvalue weighted by Gasteiger charge is 2.13. The summed E-state index contributed by atoms with van der Waals surface area (Å²) in [5, 5.41) is 3.46. The van der Waals surface area contributed by atoms with Crippen molar-refractivity contribution in [1.82, 2.24) is 4.57 Å². The summed E-state index contributed by atoms with van der Waals surface area (Å²) in [6, 6.07) is 10.2. The van der Waals surface area contributed by atoms with Gasteiger partial charge < -0.3 is 14.6 Å². The van der Waals surface area contributed by atoms with Gasteiger partial charge in [-0.25, -0.2) is 0 Å². The van der Waals surface area contributed by atoms with E-state index in [1.165, 1.54) is 24.3 Å². The van der Waals surface area contributed by atoms with E-state index in [2.05, 4.69) is 10.3 Å². The van der Waals surface area contributed by atoms with Gasteiger partial charge in [-0.05, 0) is 43.3 Å². The van der Waals surface area contributed by atoms with Crippen molar-refractivity contribution in [3.8, 4) is 0 Å². The van der Waals surface area contributed by atoms with E-state index in [0.717, 1.165) is 10.2 Å². The fourth-order valence-electron chi connectivity index (χ4n) is 2.76. The van der Waals surface area contributed by atoms with Crippen molar-refractivity contribution in [3.63, 3.8) is 0 Å². The largest absolute Gasteiger partial charge is 0.380 e. The van der Waals surface area contributed by atoms with Gasteiger partial charge in [-0.3, -0.25) is 9.59 Å². The molecule has 152 valence electrons. The Hall–Kier alpha value is -2.19. The van der Waals surface area contributed by atoms with Gasteiger partial charge in [-0.1, -0.05) is 34.5 Å². The molecule has 0 aliphatic carbocycles. The summed E-state index contributed by atoms with van der Waals surface area (Å²) >= 11 is 13.5. The second kappa shape index (κ2) is 9.54. The van der Waals surface area contributed by atoms with Crippen molar-refractivity contribution in [2.75, 3.05) is 18.5 Å². The van der Waals surface area contributed by atoms with Crippen LogP contribution in [0.25, 0.3) is 10.2 Å². The number of amides is 2. The van der Waals surface area contributed by atoms with Crippen molar-refractivity contribution in [1.29, 1.82) is 0 Å². The molecule has 0 unspecified atom stereocenters. The lowest BCUT2D eigenvalue weighted by atomic mass is 10.2. The number of ether oxygens (including phenoxy) is 1. The van der Waals surface area contributed by atoms with Gasteiger partial charge in [0.05, 0.1) is 27.4 Å². The van der Waals surface area contributed by atoms with Crippen LogP contribution in [-0.2, 0) is 16.1 Å². The van der Waals surface area contributed by atoms with Crippen molar-refractivity contribution in [2.24, 2.45) is 4.99 Å². The zero-order valence-corrected chi connectivity index (χ0v) is 18.2. The molecule has 0 atom stereocenters. The number of anilines is 1. The predicted molar refractivity (Wildman–Crippen MR) is 117 cm³/mol. The number of nitrogens with zero attached hydrogens (tertiary/aromatic N) is 2. The molecule has 29 heavy (non-hydrogen) atoms. The SMILES string of the molecule is CCOCCn1c(=NC(=O)c2cc(Cl)ccc2Cl)sc2cc(NC(C)=O)ccc21. The Bertz CT molecular complexity index is 1140. The molecule has 0 spiro atoms. The molecule has 0 saturated carbocycles. The molecule has 1 heterocycles. The van der Waals surface area contributed by atoms with E-state index < -0.39 is 5.91 Å². The van der Waals surface area contributed by atoms with Gasteiger partial charge in [0.2, 0.25) is 5.91 Å². The molecule has 9 heteroatoms. The van der Waals surface area contributed by atoms with Gasteiger partial charge in [-0.15, -0.1) is 0 Å². The van der Waals surface area contributed by atoms with Crippen molar-refractivity contribution >= 4 is 62.3 Å². The minimum absolute atomic E-state index is 0.152. The summed E-state index contributed by atoms with van der Waals surface area (Å²) in [4.78, 5) is 28.9. The first-order chi connectivity index (χ1) is 13.9. The summed E-state index contributed by atoms with van der Waals surface area (Å²) in [7, 11) is 0. The summed E-state index contributed by atoms with van der Waals surface area (Å²) in [6.45, 7) is 4.98. The van der Waals surface area contributed by atoms with E-state index in [0.29, 0.717) is 35.3 Å². The third-order valence-corrected chi connectivity index (χ3v) is 5.63. The lowest BCUT2D eigenvalue weighted by molar-refractivity contribution is -0.114. The van der Waals surface area contributed by atoms with Crippen molar-refractivity contribution in [3.05, 3.63) is 56.8 Å². The highest BCUT2D eigenvalue weighted by Crippen LogP contribution is 2.24. The van der Waals surface area contributed by atoms with E-state index in [-0.39, 0.29) is 16.5 Å². The van der Waals surface area contributed by atoms with Crippen LogP contribution >= 0.6 is 34.5 Å². The Labute approximate surface area is 181 Å². The third kappa shape index (κ3) is 5.25. The molecule has 3 aromatic rings. The monoisotopic (exact) mass is 451 g/mol. The van der Waals surface area contributed by atoms with E-state index >= 15 is 0 Å². The highest BCUT2D eigenvalue weighted by atomic mass is 35.5. The number of carbonyl (C=O) groups is 2. The number of rotatable bonds is 6. The van der Waals surface area contributed by atoms with E-state index in [9.17, 15) is 9.59 Å². The van der Waals surface area contributed by atoms with Gasteiger partial charge in [0, 0.05) is 30.8 Å². The molecule has 1 N–H and O–H groups in total. The first kappa shape index (κ1) is 21.5. The highest BCUT2D eigenvalue weighted by molar-refractivity contribution is 7.16. The number of hydrogen-bond acceptors (Lipinski definition) is 4.